The van der Waals surface area contributed by atoms with Crippen molar-refractivity contribution in [2.45, 2.75) is 12.8 Å². The molecule has 0 aliphatic rings. The van der Waals surface area contributed by atoms with E-state index in [1.54, 1.807) is 0 Å². The smallest absolute Gasteiger partial charge is 0.286 e. The van der Waals surface area contributed by atoms with Gasteiger partial charge in [-0.1, -0.05) is 0 Å². The first-order chi connectivity index (χ1) is 8.51. The van der Waals surface area contributed by atoms with E-state index >= 15 is 0 Å². The molecule has 0 fully saturated rings. The molecule has 0 saturated heterocycles. The van der Waals surface area contributed by atoms with Crippen LogP contribution in [0.1, 0.15) is 12.8 Å². The molecule has 0 spiro atoms. The molecular weight excluding hydrogens is 308 g/mol. The van der Waals surface area contributed by atoms with E-state index in [9.17, 15) is 4.79 Å². The predicted molar refractivity (Wildman–Crippen MR) is 61.8 cm³/mol. The monoisotopic (exact) mass is 325 g/mol. The second kappa shape index (κ2) is 8.30. The minimum Gasteiger partial charge on any atom is -0.286 e. The summed E-state index contributed by atoms with van der Waals surface area (Å²) in [6.45, 7) is -1.26. The summed E-state index contributed by atoms with van der Waals surface area (Å²) in [7, 11) is -8.79. The molecule has 0 radical (unpaired) electrons. The first-order valence-corrected chi connectivity index (χ1v) is 8.07. The fourth-order valence-corrected chi connectivity index (χ4v) is 1.55. The molecule has 0 aromatic carbocycles. The van der Waals surface area contributed by atoms with Gasteiger partial charge in [-0.15, -0.1) is 4.52 Å². The third-order valence-electron chi connectivity index (χ3n) is 1.68. The van der Waals surface area contributed by atoms with Crippen LogP contribution in [-0.2, 0) is 13.8 Å². The maximum Gasteiger partial charge on any atom is 0.567 e. The molecule has 0 unspecified atom stereocenters. The van der Waals surface area contributed by atoms with E-state index in [1.807, 2.05) is 0 Å². The fraction of sp³-hybridized carbons (Fsp3) is 0.833. The van der Waals surface area contributed by atoms with Crippen molar-refractivity contribution in [3.05, 3.63) is 0 Å². The van der Waals surface area contributed by atoms with Crippen LogP contribution in [0.2, 0.25) is 0 Å². The summed E-state index contributed by atoms with van der Waals surface area (Å²) in [5.41, 5.74) is 0. The second-order valence-corrected chi connectivity index (χ2v) is 5.93. The molecule has 1 amide bonds. The zero-order valence-electron chi connectivity index (χ0n) is 9.73. The minimum atomic E-state index is -4.52. The van der Waals surface area contributed by atoms with E-state index < -0.39 is 28.9 Å². The molecule has 13 heteroatoms. The second-order valence-electron chi connectivity index (χ2n) is 3.36. The highest BCUT2D eigenvalue weighted by Crippen LogP contribution is 2.46. The highest BCUT2D eigenvalue weighted by molar-refractivity contribution is 7.53. The lowest BCUT2D eigenvalue weighted by Crippen LogP contribution is -2.31. The maximum absolute atomic E-state index is 11.1. The summed E-state index contributed by atoms with van der Waals surface area (Å²) >= 11 is 0. The van der Waals surface area contributed by atoms with E-state index in [2.05, 4.69) is 9.05 Å². The van der Waals surface area contributed by atoms with Gasteiger partial charge in [-0.25, -0.2) is 5.06 Å². The SMILES string of the molecule is O=C(CO[P+](O)(O)O)N(O)CCCCO[P+](O)(O)O. The van der Waals surface area contributed by atoms with Gasteiger partial charge in [-0.05, 0) is 12.8 Å². The van der Waals surface area contributed by atoms with E-state index in [0.717, 1.165) is 0 Å². The van der Waals surface area contributed by atoms with Crippen LogP contribution in [0.4, 0.5) is 0 Å². The van der Waals surface area contributed by atoms with Crippen LogP contribution in [0.25, 0.3) is 0 Å². The molecule has 0 atom stereocenters. The van der Waals surface area contributed by atoms with Gasteiger partial charge in [-0.2, -0.15) is 33.9 Å². The van der Waals surface area contributed by atoms with Crippen LogP contribution in [0.3, 0.4) is 0 Å². The molecule has 114 valence electrons. The highest BCUT2D eigenvalue weighted by atomic mass is 31.2. The van der Waals surface area contributed by atoms with Crippen molar-refractivity contribution in [3.8, 4) is 0 Å². The summed E-state index contributed by atoms with van der Waals surface area (Å²) in [6, 6.07) is 0. The normalized spacial score (nSPS) is 12.6. The molecule has 0 rings (SSSR count). The summed E-state index contributed by atoms with van der Waals surface area (Å²) in [4.78, 5) is 61.8. The molecule has 0 saturated carbocycles. The Kier molecular flexibility index (Phi) is 8.29. The van der Waals surface area contributed by atoms with Gasteiger partial charge in [0.1, 0.15) is 6.61 Å². The Morgan fingerprint density at radius 1 is 0.947 bits per heavy atom. The molecule has 19 heavy (non-hydrogen) atoms. The average Bonchev–Trinajstić information content (AvgIpc) is 2.22. The Labute approximate surface area is 109 Å². The summed E-state index contributed by atoms with van der Waals surface area (Å²) in [6.07, 6.45) is 0.422. The van der Waals surface area contributed by atoms with Gasteiger partial charge in [0.15, 0.2) is 6.61 Å². The molecule has 7 N–H and O–H groups in total. The van der Waals surface area contributed by atoms with Crippen molar-refractivity contribution in [1.82, 2.24) is 5.06 Å². The van der Waals surface area contributed by atoms with Gasteiger partial charge in [0, 0.05) is 6.54 Å². The van der Waals surface area contributed by atoms with E-state index in [1.165, 1.54) is 0 Å². The Hall–Kier alpha value is -0.0300. The Bertz CT molecular complexity index is 276. The molecule has 0 bridgehead atoms. The topological polar surface area (TPSA) is 180 Å². The van der Waals surface area contributed by atoms with Gasteiger partial charge in [0.2, 0.25) is 0 Å². The number of carbonyl (C=O) groups excluding carboxylic acids is 1. The number of carbonyl (C=O) groups is 1. The van der Waals surface area contributed by atoms with Crippen molar-refractivity contribution in [1.29, 1.82) is 0 Å². The predicted octanol–water partition coefficient (Wildman–Crippen LogP) is -1.67. The fourth-order valence-electron chi connectivity index (χ4n) is 0.892. The minimum absolute atomic E-state index is 0.160. The third kappa shape index (κ3) is 12.7. The van der Waals surface area contributed by atoms with Crippen LogP contribution < -0.4 is 0 Å². The van der Waals surface area contributed by atoms with Crippen LogP contribution in [0.15, 0.2) is 0 Å². The largest absolute Gasteiger partial charge is 0.567 e. The van der Waals surface area contributed by atoms with E-state index in [0.29, 0.717) is 0 Å². The van der Waals surface area contributed by atoms with Crippen molar-refractivity contribution in [2.24, 2.45) is 0 Å². The Balaban J connectivity index is 3.69. The van der Waals surface area contributed by atoms with Crippen molar-refractivity contribution in [2.75, 3.05) is 19.8 Å². The molecular formula is C6H17NO10P2+2. The van der Waals surface area contributed by atoms with Gasteiger partial charge >= 0.3 is 16.3 Å². The standard InChI is InChI=1S/C6H17NO10P2/c8-6(5-17-19(13,14)15)7(9)3-1-2-4-16-18(10,11)12/h9-15H,1-5H2/q+2. The maximum atomic E-state index is 11.1. The molecule has 0 aliphatic heterocycles. The average molecular weight is 325 g/mol. The zero-order valence-corrected chi connectivity index (χ0v) is 11.5. The van der Waals surface area contributed by atoms with Crippen molar-refractivity contribution >= 4 is 22.2 Å². The van der Waals surface area contributed by atoms with E-state index in [4.69, 9.17) is 34.6 Å². The van der Waals surface area contributed by atoms with Crippen molar-refractivity contribution < 1.29 is 48.4 Å². The van der Waals surface area contributed by atoms with Gasteiger partial charge in [0.05, 0.1) is 0 Å². The molecule has 0 heterocycles. The highest BCUT2D eigenvalue weighted by Gasteiger charge is 2.35. The molecule has 11 nitrogen and oxygen atoms in total. The molecule has 0 aromatic rings. The number of rotatable bonds is 9. The summed E-state index contributed by atoms with van der Waals surface area (Å²) in [5.74, 6) is -1.00. The number of hydroxylamine groups is 2. The van der Waals surface area contributed by atoms with Gasteiger partial charge in [-0.3, -0.25) is 10.0 Å². The molecule has 0 aliphatic carbocycles. The number of hydrogen-bond acceptors (Lipinski definition) is 10. The van der Waals surface area contributed by atoms with Crippen LogP contribution in [-0.4, -0.2) is 65.3 Å². The number of amides is 1. The van der Waals surface area contributed by atoms with E-state index in [-0.39, 0.29) is 31.1 Å². The zero-order chi connectivity index (χ0) is 15.1. The molecule has 0 aromatic heterocycles. The Morgan fingerprint density at radius 2 is 1.47 bits per heavy atom. The first-order valence-electron chi connectivity index (χ1n) is 4.94. The third-order valence-corrected chi connectivity index (χ3v) is 2.68. The lowest BCUT2D eigenvalue weighted by molar-refractivity contribution is -0.168. The number of hydrogen-bond donors (Lipinski definition) is 7. The lowest BCUT2D eigenvalue weighted by Gasteiger charge is -2.14. The summed E-state index contributed by atoms with van der Waals surface area (Å²) in [5, 5.41) is 9.39. The van der Waals surface area contributed by atoms with Crippen molar-refractivity contribution in [3.63, 3.8) is 0 Å². The summed E-state index contributed by atoms with van der Waals surface area (Å²) < 4.78 is 8.23. The van der Waals surface area contributed by atoms with Gasteiger partial charge < -0.3 is 0 Å². The van der Waals surface area contributed by atoms with Crippen LogP contribution in [0.5, 0.6) is 0 Å². The number of unbranched alkanes of at least 4 members (excludes halogenated alkanes) is 1. The number of nitrogens with zero attached hydrogens (tertiary/aromatic N) is 1. The van der Waals surface area contributed by atoms with Crippen LogP contribution in [0, 0.1) is 0 Å². The Morgan fingerprint density at radius 3 is 1.95 bits per heavy atom. The lowest BCUT2D eigenvalue weighted by atomic mass is 10.3. The van der Waals surface area contributed by atoms with Crippen LogP contribution >= 0.6 is 16.3 Å². The quantitative estimate of drug-likeness (QED) is 0.112. The first kappa shape index (κ1) is 19.0. The van der Waals surface area contributed by atoms with Gasteiger partial charge in [0.25, 0.3) is 5.91 Å².